The molecule has 0 radical (unpaired) electrons. The number of fused-ring (bicyclic) bond motifs is 1. The number of aromatic nitrogens is 1. The molecule has 1 heterocycles. The van der Waals surface area contributed by atoms with E-state index < -0.39 is 0 Å². The maximum absolute atomic E-state index is 13.3. The van der Waals surface area contributed by atoms with Crippen molar-refractivity contribution in [3.63, 3.8) is 0 Å². The zero-order valence-corrected chi connectivity index (χ0v) is 15.8. The van der Waals surface area contributed by atoms with Gasteiger partial charge in [0.25, 0.3) is 0 Å². The van der Waals surface area contributed by atoms with Gasteiger partial charge in [0.05, 0.1) is 12.7 Å². The molecule has 0 aliphatic rings. The van der Waals surface area contributed by atoms with Gasteiger partial charge in [-0.05, 0) is 60.2 Å². The molecule has 0 saturated heterocycles. The number of rotatable bonds is 5. The first-order chi connectivity index (χ1) is 13.6. The second-order valence-electron chi connectivity index (χ2n) is 6.16. The first kappa shape index (κ1) is 18.0. The van der Waals surface area contributed by atoms with Crippen LogP contribution in [0.15, 0.2) is 77.2 Å². The fourth-order valence-corrected chi connectivity index (χ4v) is 3.07. The molecule has 1 aromatic heterocycles. The predicted molar refractivity (Wildman–Crippen MR) is 111 cm³/mol. The van der Waals surface area contributed by atoms with Crippen molar-refractivity contribution in [1.82, 2.24) is 4.98 Å². The van der Waals surface area contributed by atoms with E-state index in [2.05, 4.69) is 4.98 Å². The zero-order chi connectivity index (χ0) is 19.5. The highest BCUT2D eigenvalue weighted by atomic mass is 35.5. The molecular weight excluding hydrogens is 374 g/mol. The molecule has 0 unspecified atom stereocenters. The number of ketones is 1. The number of oxazole rings is 1. The third-order valence-electron chi connectivity index (χ3n) is 4.28. The number of methoxy groups -OCH3 is 1. The molecule has 28 heavy (non-hydrogen) atoms. The number of carbonyl (C=O) groups is 1. The van der Waals surface area contributed by atoms with Crippen molar-refractivity contribution in [1.29, 1.82) is 0 Å². The van der Waals surface area contributed by atoms with E-state index in [4.69, 9.17) is 20.8 Å². The van der Waals surface area contributed by atoms with E-state index in [1.54, 1.807) is 49.6 Å². The molecule has 0 saturated carbocycles. The summed E-state index contributed by atoms with van der Waals surface area (Å²) in [4.78, 5) is 17.8. The van der Waals surface area contributed by atoms with Gasteiger partial charge in [0.2, 0.25) is 5.89 Å². The highest BCUT2D eigenvalue weighted by molar-refractivity contribution is 6.32. The van der Waals surface area contributed by atoms with E-state index in [0.717, 1.165) is 5.56 Å². The Balaban J connectivity index is 1.83. The van der Waals surface area contributed by atoms with Gasteiger partial charge >= 0.3 is 0 Å². The van der Waals surface area contributed by atoms with Crippen molar-refractivity contribution in [3.8, 4) is 5.75 Å². The first-order valence-electron chi connectivity index (χ1n) is 8.66. The molecule has 0 amide bonds. The fourth-order valence-electron chi connectivity index (χ4n) is 2.87. The second-order valence-corrected chi connectivity index (χ2v) is 6.59. The maximum Gasteiger partial charge on any atom is 0.231 e. The maximum atomic E-state index is 13.3. The van der Waals surface area contributed by atoms with E-state index in [1.807, 2.05) is 36.4 Å². The molecule has 0 spiro atoms. The lowest BCUT2D eigenvalue weighted by Gasteiger charge is -2.05. The molecule has 0 aliphatic carbocycles. The first-order valence-corrected chi connectivity index (χ1v) is 9.04. The fraction of sp³-hybridized carbons (Fsp3) is 0.0435. The van der Waals surface area contributed by atoms with Crippen molar-refractivity contribution in [2.45, 2.75) is 0 Å². The van der Waals surface area contributed by atoms with Crippen molar-refractivity contribution in [2.75, 3.05) is 7.11 Å². The molecule has 0 bridgehead atoms. The number of hydrogen-bond donors (Lipinski definition) is 0. The standard InChI is InChI=1S/C23H16ClNO3/c1-27-18-11-9-16(10-12-18)22(26)19(14-15-5-4-6-17(24)13-15)23-25-20-7-2-3-8-21(20)28-23/h2-14H,1H3. The minimum Gasteiger partial charge on any atom is -0.497 e. The lowest BCUT2D eigenvalue weighted by atomic mass is 10.0. The topological polar surface area (TPSA) is 52.3 Å². The van der Waals surface area contributed by atoms with Crippen LogP contribution in [-0.4, -0.2) is 17.9 Å². The Morgan fingerprint density at radius 2 is 1.82 bits per heavy atom. The molecule has 0 atom stereocenters. The molecule has 0 fully saturated rings. The highest BCUT2D eigenvalue weighted by Crippen LogP contribution is 2.27. The number of hydrogen-bond acceptors (Lipinski definition) is 4. The smallest absolute Gasteiger partial charge is 0.231 e. The summed E-state index contributed by atoms with van der Waals surface area (Å²) in [5, 5.41) is 0.586. The summed E-state index contributed by atoms with van der Waals surface area (Å²) in [6, 6.07) is 21.6. The molecule has 4 rings (SSSR count). The third-order valence-corrected chi connectivity index (χ3v) is 4.52. The van der Waals surface area contributed by atoms with Gasteiger partial charge in [-0.2, -0.15) is 0 Å². The van der Waals surface area contributed by atoms with Crippen LogP contribution in [-0.2, 0) is 0 Å². The summed E-state index contributed by atoms with van der Waals surface area (Å²) >= 11 is 6.10. The van der Waals surface area contributed by atoms with Crippen LogP contribution in [0.1, 0.15) is 21.8 Å². The Hall–Kier alpha value is -3.37. The minimum atomic E-state index is -0.200. The molecule has 0 aliphatic heterocycles. The van der Waals surface area contributed by atoms with Crippen LogP contribution in [0.3, 0.4) is 0 Å². The highest BCUT2D eigenvalue weighted by Gasteiger charge is 2.20. The van der Waals surface area contributed by atoms with Crippen LogP contribution in [0.25, 0.3) is 22.7 Å². The Labute approximate surface area is 167 Å². The number of ether oxygens (including phenoxy) is 1. The van der Waals surface area contributed by atoms with E-state index >= 15 is 0 Å². The van der Waals surface area contributed by atoms with E-state index in [9.17, 15) is 4.79 Å². The third kappa shape index (κ3) is 3.68. The van der Waals surface area contributed by atoms with E-state index in [0.29, 0.717) is 33.0 Å². The summed E-state index contributed by atoms with van der Waals surface area (Å²) in [5.41, 5.74) is 2.96. The molecule has 5 heteroatoms. The Kier molecular flexibility index (Phi) is 4.96. The quantitative estimate of drug-likeness (QED) is 0.314. The largest absolute Gasteiger partial charge is 0.497 e. The zero-order valence-electron chi connectivity index (χ0n) is 15.1. The molecule has 4 aromatic rings. The number of halogens is 1. The molecule has 4 nitrogen and oxygen atoms in total. The summed E-state index contributed by atoms with van der Waals surface area (Å²) in [6.45, 7) is 0. The number of carbonyl (C=O) groups excluding carboxylic acids is 1. The van der Waals surface area contributed by atoms with Gasteiger partial charge in [-0.15, -0.1) is 0 Å². The summed E-state index contributed by atoms with van der Waals surface area (Å²) in [7, 11) is 1.58. The average molecular weight is 390 g/mol. The van der Waals surface area contributed by atoms with Crippen molar-refractivity contribution in [3.05, 3.63) is 94.8 Å². The molecule has 138 valence electrons. The van der Waals surface area contributed by atoms with Crippen LogP contribution >= 0.6 is 11.6 Å². The van der Waals surface area contributed by atoms with Gasteiger partial charge in [0.1, 0.15) is 11.3 Å². The van der Waals surface area contributed by atoms with Gasteiger partial charge in [-0.3, -0.25) is 4.79 Å². The number of benzene rings is 3. The van der Waals surface area contributed by atoms with Crippen LogP contribution in [0.4, 0.5) is 0 Å². The van der Waals surface area contributed by atoms with Crippen LogP contribution in [0, 0.1) is 0 Å². The molecule has 3 aromatic carbocycles. The predicted octanol–water partition coefficient (Wildman–Crippen LogP) is 5.91. The Bertz CT molecular complexity index is 1140. The second kappa shape index (κ2) is 7.71. The Morgan fingerprint density at radius 1 is 1.04 bits per heavy atom. The van der Waals surface area contributed by atoms with Crippen molar-refractivity contribution in [2.24, 2.45) is 0 Å². The normalized spacial score (nSPS) is 11.6. The van der Waals surface area contributed by atoms with E-state index in [1.165, 1.54) is 0 Å². The van der Waals surface area contributed by atoms with Gasteiger partial charge in [-0.25, -0.2) is 4.98 Å². The van der Waals surface area contributed by atoms with Gasteiger partial charge < -0.3 is 9.15 Å². The SMILES string of the molecule is COc1ccc(C(=O)C(=Cc2cccc(Cl)c2)c2nc3ccccc3o2)cc1. The van der Waals surface area contributed by atoms with Crippen molar-refractivity contribution >= 4 is 40.1 Å². The van der Waals surface area contributed by atoms with E-state index in [-0.39, 0.29) is 11.7 Å². The molecule has 0 N–H and O–H groups in total. The number of para-hydroxylation sites is 2. The number of allylic oxidation sites excluding steroid dienone is 1. The van der Waals surface area contributed by atoms with Gasteiger partial charge in [0, 0.05) is 10.6 Å². The van der Waals surface area contributed by atoms with Gasteiger partial charge in [0.15, 0.2) is 11.4 Å². The summed E-state index contributed by atoms with van der Waals surface area (Å²) < 4.78 is 11.0. The monoisotopic (exact) mass is 389 g/mol. The molecular formula is C23H16ClNO3. The minimum absolute atomic E-state index is 0.200. The van der Waals surface area contributed by atoms with Crippen LogP contribution in [0.2, 0.25) is 5.02 Å². The van der Waals surface area contributed by atoms with Crippen LogP contribution < -0.4 is 4.74 Å². The number of Topliss-reactive ketones (excluding diaryl/α,β-unsaturated/α-hetero) is 1. The average Bonchev–Trinajstić information content (AvgIpc) is 3.15. The summed E-state index contributed by atoms with van der Waals surface area (Å²) in [6.07, 6.45) is 1.74. The summed E-state index contributed by atoms with van der Waals surface area (Å²) in [5.74, 6) is 0.745. The van der Waals surface area contributed by atoms with Gasteiger partial charge in [-0.1, -0.05) is 35.9 Å². The lowest BCUT2D eigenvalue weighted by Crippen LogP contribution is -2.03. The number of nitrogens with zero attached hydrogens (tertiary/aromatic N) is 1. The van der Waals surface area contributed by atoms with Crippen LogP contribution in [0.5, 0.6) is 5.75 Å². The lowest BCUT2D eigenvalue weighted by molar-refractivity contribution is 0.105. The van der Waals surface area contributed by atoms with Crippen molar-refractivity contribution < 1.29 is 13.9 Å². The Morgan fingerprint density at radius 3 is 2.54 bits per heavy atom.